The molecule has 0 radical (unpaired) electrons. The van der Waals surface area contributed by atoms with E-state index in [2.05, 4.69) is 93.6 Å². The van der Waals surface area contributed by atoms with E-state index >= 15 is 0 Å². The summed E-state index contributed by atoms with van der Waals surface area (Å²) in [4.78, 5) is 0. The van der Waals surface area contributed by atoms with Crippen LogP contribution >= 0.6 is 0 Å². The number of benzene rings is 3. The summed E-state index contributed by atoms with van der Waals surface area (Å²) in [6.45, 7) is 6.62. The highest BCUT2D eigenvalue weighted by Crippen LogP contribution is 2.27. The Labute approximate surface area is 133 Å². The minimum Gasteiger partial charge on any atom is -0.0620 e. The average Bonchev–Trinajstić information content (AvgIpc) is 2.56. The molecule has 0 fully saturated rings. The first-order chi connectivity index (χ1) is 10.6. The van der Waals surface area contributed by atoms with Crippen LogP contribution < -0.4 is 0 Å². The van der Waals surface area contributed by atoms with Gasteiger partial charge in [-0.1, -0.05) is 86.6 Å². The number of hydrogen-bond donors (Lipinski definition) is 0. The Bertz CT molecular complexity index is 747. The van der Waals surface area contributed by atoms with Crippen LogP contribution in [0.2, 0.25) is 0 Å². The molecule has 0 aliphatic rings. The van der Waals surface area contributed by atoms with E-state index in [0.29, 0.717) is 5.92 Å². The van der Waals surface area contributed by atoms with E-state index in [4.69, 9.17) is 0 Å². The minimum atomic E-state index is 0.581. The fourth-order valence-electron chi connectivity index (χ4n) is 2.80. The van der Waals surface area contributed by atoms with Crippen LogP contribution in [0.25, 0.3) is 22.3 Å². The molecule has 0 spiro atoms. The van der Waals surface area contributed by atoms with Gasteiger partial charge in [-0.15, -0.1) is 0 Å². The normalized spacial score (nSPS) is 10.9. The van der Waals surface area contributed by atoms with Crippen LogP contribution in [-0.4, -0.2) is 0 Å². The van der Waals surface area contributed by atoms with Gasteiger partial charge in [0.05, 0.1) is 0 Å². The monoisotopic (exact) mass is 286 g/mol. The summed E-state index contributed by atoms with van der Waals surface area (Å²) in [5.74, 6) is 0.581. The summed E-state index contributed by atoms with van der Waals surface area (Å²) in [6.07, 6.45) is 0. The lowest BCUT2D eigenvalue weighted by Gasteiger charge is -2.09. The molecule has 22 heavy (non-hydrogen) atoms. The first kappa shape index (κ1) is 14.6. The predicted molar refractivity (Wildman–Crippen MR) is 96.1 cm³/mol. The average molecular weight is 286 g/mol. The second-order valence-corrected chi connectivity index (χ2v) is 6.17. The lowest BCUT2D eigenvalue weighted by molar-refractivity contribution is 0.867. The zero-order chi connectivity index (χ0) is 15.5. The van der Waals surface area contributed by atoms with E-state index in [-0.39, 0.29) is 0 Å². The topological polar surface area (TPSA) is 0 Å². The van der Waals surface area contributed by atoms with Gasteiger partial charge in [-0.3, -0.25) is 0 Å². The summed E-state index contributed by atoms with van der Waals surface area (Å²) in [7, 11) is 0. The molecule has 3 aromatic carbocycles. The van der Waals surface area contributed by atoms with Gasteiger partial charge < -0.3 is 0 Å². The van der Waals surface area contributed by atoms with Crippen molar-refractivity contribution in [2.75, 3.05) is 0 Å². The number of rotatable bonds is 3. The van der Waals surface area contributed by atoms with Crippen molar-refractivity contribution in [2.24, 2.45) is 0 Å². The van der Waals surface area contributed by atoms with Crippen molar-refractivity contribution >= 4 is 0 Å². The molecule has 0 atom stereocenters. The van der Waals surface area contributed by atoms with Crippen molar-refractivity contribution in [3.63, 3.8) is 0 Å². The van der Waals surface area contributed by atoms with Crippen LogP contribution in [0.4, 0.5) is 0 Å². The van der Waals surface area contributed by atoms with E-state index in [1.165, 1.54) is 33.4 Å². The maximum atomic E-state index is 2.23. The maximum Gasteiger partial charge on any atom is -0.0155 e. The number of hydrogen-bond acceptors (Lipinski definition) is 0. The van der Waals surface area contributed by atoms with Crippen molar-refractivity contribution in [3.05, 3.63) is 83.9 Å². The largest absolute Gasteiger partial charge is 0.0620 e. The van der Waals surface area contributed by atoms with Gasteiger partial charge in [0.25, 0.3) is 0 Å². The van der Waals surface area contributed by atoms with E-state index in [1.54, 1.807) is 0 Å². The van der Waals surface area contributed by atoms with Crippen molar-refractivity contribution in [2.45, 2.75) is 26.7 Å². The highest BCUT2D eigenvalue weighted by atomic mass is 14.1. The quantitative estimate of drug-likeness (QED) is 0.519. The van der Waals surface area contributed by atoms with Crippen LogP contribution in [0.3, 0.4) is 0 Å². The Hall–Kier alpha value is -2.34. The molecule has 0 unspecified atom stereocenters. The Morgan fingerprint density at radius 2 is 1.09 bits per heavy atom. The third-order valence-electron chi connectivity index (χ3n) is 4.25. The fourth-order valence-corrected chi connectivity index (χ4v) is 2.80. The molecule has 0 nitrogen and oxygen atoms in total. The van der Waals surface area contributed by atoms with Crippen molar-refractivity contribution in [3.8, 4) is 22.3 Å². The standard InChI is InChI=1S/C22H22/c1-16(2)18-8-10-19(11-9-18)20-12-14-21(15-13-20)22-7-5-4-6-17(22)3/h4-16H,1-3H3. The SMILES string of the molecule is Cc1ccccc1-c1ccc(-c2ccc(C(C)C)cc2)cc1. The highest BCUT2D eigenvalue weighted by molar-refractivity contribution is 5.72. The molecule has 0 saturated heterocycles. The third-order valence-corrected chi connectivity index (χ3v) is 4.25. The predicted octanol–water partition coefficient (Wildman–Crippen LogP) is 6.45. The van der Waals surface area contributed by atoms with Crippen LogP contribution in [0.5, 0.6) is 0 Å². The van der Waals surface area contributed by atoms with E-state index < -0.39 is 0 Å². The summed E-state index contributed by atoms with van der Waals surface area (Å²) in [6, 6.07) is 26.3. The minimum absolute atomic E-state index is 0.581. The molecule has 0 heteroatoms. The van der Waals surface area contributed by atoms with Gasteiger partial charge in [0.1, 0.15) is 0 Å². The van der Waals surface area contributed by atoms with Crippen molar-refractivity contribution in [1.82, 2.24) is 0 Å². The van der Waals surface area contributed by atoms with Gasteiger partial charge in [-0.25, -0.2) is 0 Å². The summed E-state index contributed by atoms with van der Waals surface area (Å²) in [5.41, 5.74) is 7.84. The van der Waals surface area contributed by atoms with Crippen LogP contribution in [0.15, 0.2) is 72.8 Å². The molecule has 110 valence electrons. The smallest absolute Gasteiger partial charge is 0.0155 e. The number of aryl methyl sites for hydroxylation is 1. The third kappa shape index (κ3) is 2.96. The van der Waals surface area contributed by atoms with Crippen LogP contribution in [0, 0.1) is 6.92 Å². The first-order valence-corrected chi connectivity index (χ1v) is 7.91. The Morgan fingerprint density at radius 1 is 0.591 bits per heavy atom. The summed E-state index contributed by atoms with van der Waals surface area (Å²) < 4.78 is 0. The molecule has 0 aliphatic carbocycles. The summed E-state index contributed by atoms with van der Waals surface area (Å²) in [5, 5.41) is 0. The molecular weight excluding hydrogens is 264 g/mol. The molecule has 0 amide bonds. The second kappa shape index (κ2) is 6.19. The van der Waals surface area contributed by atoms with Gasteiger partial charge >= 0.3 is 0 Å². The maximum absolute atomic E-state index is 2.23. The van der Waals surface area contributed by atoms with Gasteiger partial charge in [0, 0.05) is 0 Å². The lowest BCUT2D eigenvalue weighted by Crippen LogP contribution is -1.87. The molecule has 0 aliphatic heterocycles. The zero-order valence-electron chi connectivity index (χ0n) is 13.5. The Kier molecular flexibility index (Phi) is 4.11. The lowest BCUT2D eigenvalue weighted by atomic mass is 9.96. The molecular formula is C22H22. The zero-order valence-corrected chi connectivity index (χ0v) is 13.5. The summed E-state index contributed by atoms with van der Waals surface area (Å²) >= 11 is 0. The van der Waals surface area contributed by atoms with Gasteiger partial charge in [0.15, 0.2) is 0 Å². The van der Waals surface area contributed by atoms with Crippen LogP contribution in [0.1, 0.15) is 30.9 Å². The Morgan fingerprint density at radius 3 is 1.64 bits per heavy atom. The van der Waals surface area contributed by atoms with Gasteiger partial charge in [0.2, 0.25) is 0 Å². The second-order valence-electron chi connectivity index (χ2n) is 6.17. The molecule has 0 saturated carbocycles. The Balaban J connectivity index is 1.90. The fraction of sp³-hybridized carbons (Fsp3) is 0.182. The molecule has 0 heterocycles. The van der Waals surface area contributed by atoms with Gasteiger partial charge in [-0.2, -0.15) is 0 Å². The molecule has 0 bridgehead atoms. The molecule has 3 aromatic rings. The van der Waals surface area contributed by atoms with Crippen molar-refractivity contribution < 1.29 is 0 Å². The van der Waals surface area contributed by atoms with E-state index in [1.807, 2.05) is 0 Å². The van der Waals surface area contributed by atoms with E-state index in [9.17, 15) is 0 Å². The van der Waals surface area contributed by atoms with Crippen molar-refractivity contribution in [1.29, 1.82) is 0 Å². The molecule has 3 rings (SSSR count). The van der Waals surface area contributed by atoms with Gasteiger partial charge in [-0.05, 0) is 46.2 Å². The molecule has 0 N–H and O–H groups in total. The van der Waals surface area contributed by atoms with Crippen LogP contribution in [-0.2, 0) is 0 Å². The van der Waals surface area contributed by atoms with E-state index in [0.717, 1.165) is 0 Å². The molecule has 0 aromatic heterocycles. The first-order valence-electron chi connectivity index (χ1n) is 7.91. The highest BCUT2D eigenvalue weighted by Gasteiger charge is 2.03.